The van der Waals surface area contributed by atoms with Gasteiger partial charge in [0, 0.05) is 6.54 Å². The van der Waals surface area contributed by atoms with Crippen LogP contribution in [0.15, 0.2) is 16.7 Å². The number of alkyl carbamates (subject to hydrolysis) is 1. The van der Waals surface area contributed by atoms with Gasteiger partial charge in [0.25, 0.3) is 0 Å². The Morgan fingerprint density at radius 2 is 1.91 bits per heavy atom. The molecule has 126 valence electrons. The molecule has 0 unspecified atom stereocenters. The van der Waals surface area contributed by atoms with Gasteiger partial charge < -0.3 is 19.8 Å². The van der Waals surface area contributed by atoms with Gasteiger partial charge in [-0.05, 0) is 52.2 Å². The molecule has 0 aliphatic rings. The first-order valence-electron chi connectivity index (χ1n) is 7.96. The van der Waals surface area contributed by atoms with Gasteiger partial charge in [-0.2, -0.15) is 0 Å². The van der Waals surface area contributed by atoms with E-state index in [4.69, 9.17) is 9.15 Å². The minimum absolute atomic E-state index is 0.317. The zero-order chi connectivity index (χ0) is 16.8. The van der Waals surface area contributed by atoms with Crippen molar-refractivity contribution < 1.29 is 13.9 Å². The van der Waals surface area contributed by atoms with Crippen molar-refractivity contribution in [2.45, 2.75) is 72.1 Å². The molecule has 22 heavy (non-hydrogen) atoms. The monoisotopic (exact) mass is 310 g/mol. The SMILES string of the molecule is CCC(CC)(CNCc1occc1C)NC(=O)OC(C)(C)C. The molecule has 0 bridgehead atoms. The first kappa shape index (κ1) is 18.6. The summed E-state index contributed by atoms with van der Waals surface area (Å²) in [5.41, 5.74) is 0.324. The minimum Gasteiger partial charge on any atom is -0.468 e. The van der Waals surface area contributed by atoms with Crippen LogP contribution in [-0.2, 0) is 11.3 Å². The smallest absolute Gasteiger partial charge is 0.408 e. The van der Waals surface area contributed by atoms with Crippen molar-refractivity contribution in [3.8, 4) is 0 Å². The molecular weight excluding hydrogens is 280 g/mol. The Morgan fingerprint density at radius 1 is 1.27 bits per heavy atom. The van der Waals surface area contributed by atoms with E-state index in [9.17, 15) is 4.79 Å². The fraction of sp³-hybridized carbons (Fsp3) is 0.706. The predicted molar refractivity (Wildman–Crippen MR) is 87.8 cm³/mol. The van der Waals surface area contributed by atoms with E-state index in [1.807, 2.05) is 33.8 Å². The molecule has 0 saturated heterocycles. The largest absolute Gasteiger partial charge is 0.468 e. The Morgan fingerprint density at radius 3 is 2.36 bits per heavy atom. The average Bonchev–Trinajstić information content (AvgIpc) is 2.81. The molecule has 0 spiro atoms. The maximum absolute atomic E-state index is 12.1. The lowest BCUT2D eigenvalue weighted by atomic mass is 9.93. The summed E-state index contributed by atoms with van der Waals surface area (Å²) in [5.74, 6) is 0.929. The Bertz CT molecular complexity index is 470. The van der Waals surface area contributed by atoms with E-state index >= 15 is 0 Å². The topological polar surface area (TPSA) is 63.5 Å². The molecule has 1 heterocycles. The van der Waals surface area contributed by atoms with Crippen molar-refractivity contribution in [2.75, 3.05) is 6.54 Å². The number of carbonyl (C=O) groups excluding carboxylic acids is 1. The highest BCUT2D eigenvalue weighted by Crippen LogP contribution is 2.17. The third kappa shape index (κ3) is 5.72. The number of aryl methyl sites for hydroxylation is 1. The molecule has 0 aromatic carbocycles. The molecule has 0 radical (unpaired) electrons. The molecule has 1 rings (SSSR count). The summed E-state index contributed by atoms with van der Waals surface area (Å²) >= 11 is 0. The van der Waals surface area contributed by atoms with Gasteiger partial charge in [0.1, 0.15) is 11.4 Å². The van der Waals surface area contributed by atoms with Gasteiger partial charge in [0.05, 0.1) is 18.3 Å². The predicted octanol–water partition coefficient (Wildman–Crippen LogP) is 3.76. The lowest BCUT2D eigenvalue weighted by Gasteiger charge is -2.34. The van der Waals surface area contributed by atoms with Gasteiger partial charge in [-0.25, -0.2) is 4.79 Å². The average molecular weight is 310 g/mol. The molecule has 0 aliphatic heterocycles. The second kappa shape index (κ2) is 7.68. The van der Waals surface area contributed by atoms with Crippen LogP contribution in [0.1, 0.15) is 58.8 Å². The van der Waals surface area contributed by atoms with Crippen molar-refractivity contribution in [1.29, 1.82) is 0 Å². The van der Waals surface area contributed by atoms with Crippen LogP contribution in [0.4, 0.5) is 4.79 Å². The van der Waals surface area contributed by atoms with E-state index in [-0.39, 0.29) is 11.6 Å². The van der Waals surface area contributed by atoms with Crippen molar-refractivity contribution >= 4 is 6.09 Å². The van der Waals surface area contributed by atoms with Crippen LogP contribution < -0.4 is 10.6 Å². The molecule has 5 heteroatoms. The molecule has 5 nitrogen and oxygen atoms in total. The fourth-order valence-corrected chi connectivity index (χ4v) is 2.24. The van der Waals surface area contributed by atoms with Gasteiger partial charge >= 0.3 is 6.09 Å². The number of nitrogens with one attached hydrogen (secondary N) is 2. The van der Waals surface area contributed by atoms with Crippen molar-refractivity contribution in [3.63, 3.8) is 0 Å². The number of rotatable bonds is 7. The highest BCUT2D eigenvalue weighted by molar-refractivity contribution is 5.68. The quantitative estimate of drug-likeness (QED) is 0.805. The van der Waals surface area contributed by atoms with Crippen LogP contribution in [0.25, 0.3) is 0 Å². The number of carbonyl (C=O) groups is 1. The standard InChI is InChI=1S/C17H30N2O3/c1-7-17(8-2,19-15(20)22-16(4,5)6)12-18-11-14-13(3)9-10-21-14/h9-10,18H,7-8,11-12H2,1-6H3,(H,19,20). The zero-order valence-electron chi connectivity index (χ0n) is 14.7. The number of furan rings is 1. The molecular formula is C17H30N2O3. The summed E-state index contributed by atoms with van der Waals surface area (Å²) in [7, 11) is 0. The third-order valence-electron chi connectivity index (χ3n) is 3.84. The van der Waals surface area contributed by atoms with Crippen LogP contribution in [0.2, 0.25) is 0 Å². The first-order chi connectivity index (χ1) is 10.2. The van der Waals surface area contributed by atoms with Crippen molar-refractivity contribution in [3.05, 3.63) is 23.7 Å². The Kier molecular flexibility index (Phi) is 6.48. The third-order valence-corrected chi connectivity index (χ3v) is 3.84. The summed E-state index contributed by atoms with van der Waals surface area (Å²) in [5, 5.41) is 6.40. The second-order valence-electron chi connectivity index (χ2n) is 6.74. The molecule has 1 aromatic heterocycles. The molecule has 0 fully saturated rings. The van der Waals surface area contributed by atoms with Crippen LogP contribution in [-0.4, -0.2) is 23.8 Å². The summed E-state index contributed by atoms with van der Waals surface area (Å²) in [6.07, 6.45) is 2.98. The maximum Gasteiger partial charge on any atom is 0.408 e. The molecule has 0 atom stereocenters. The van der Waals surface area contributed by atoms with Gasteiger partial charge in [0.15, 0.2) is 0 Å². The highest BCUT2D eigenvalue weighted by atomic mass is 16.6. The number of hydrogen-bond donors (Lipinski definition) is 2. The Hall–Kier alpha value is -1.49. The molecule has 1 amide bonds. The number of hydrogen-bond acceptors (Lipinski definition) is 4. The lowest BCUT2D eigenvalue weighted by molar-refractivity contribution is 0.0445. The zero-order valence-corrected chi connectivity index (χ0v) is 14.7. The summed E-state index contributed by atoms with van der Waals surface area (Å²) < 4.78 is 10.8. The van der Waals surface area contributed by atoms with Crippen LogP contribution in [0.5, 0.6) is 0 Å². The number of amides is 1. The summed E-state index contributed by atoms with van der Waals surface area (Å²) in [4.78, 5) is 12.1. The van der Waals surface area contributed by atoms with Gasteiger partial charge in [-0.3, -0.25) is 0 Å². The molecule has 2 N–H and O–H groups in total. The Labute approximate surface area is 133 Å². The minimum atomic E-state index is -0.490. The van der Waals surface area contributed by atoms with E-state index in [1.54, 1.807) is 6.26 Å². The lowest BCUT2D eigenvalue weighted by Crippen LogP contribution is -2.55. The van der Waals surface area contributed by atoms with Crippen LogP contribution >= 0.6 is 0 Å². The highest BCUT2D eigenvalue weighted by Gasteiger charge is 2.30. The second-order valence-corrected chi connectivity index (χ2v) is 6.74. The van der Waals surface area contributed by atoms with E-state index < -0.39 is 5.60 Å². The van der Waals surface area contributed by atoms with Crippen LogP contribution in [0, 0.1) is 6.92 Å². The van der Waals surface area contributed by atoms with E-state index in [1.165, 1.54) is 0 Å². The van der Waals surface area contributed by atoms with E-state index in [0.717, 1.165) is 24.2 Å². The number of ether oxygens (including phenoxy) is 1. The first-order valence-corrected chi connectivity index (χ1v) is 7.96. The molecule has 0 aliphatic carbocycles. The van der Waals surface area contributed by atoms with Crippen LogP contribution in [0.3, 0.4) is 0 Å². The molecule has 1 aromatic rings. The fourth-order valence-electron chi connectivity index (χ4n) is 2.24. The maximum atomic E-state index is 12.1. The van der Waals surface area contributed by atoms with Gasteiger partial charge in [0.2, 0.25) is 0 Å². The molecule has 0 saturated carbocycles. The van der Waals surface area contributed by atoms with Gasteiger partial charge in [-0.1, -0.05) is 13.8 Å². The van der Waals surface area contributed by atoms with Crippen molar-refractivity contribution in [2.24, 2.45) is 0 Å². The van der Waals surface area contributed by atoms with E-state index in [2.05, 4.69) is 24.5 Å². The summed E-state index contributed by atoms with van der Waals surface area (Å²) in [6.45, 7) is 13.1. The normalized spacial score (nSPS) is 12.3. The van der Waals surface area contributed by atoms with Gasteiger partial charge in [-0.15, -0.1) is 0 Å². The van der Waals surface area contributed by atoms with Crippen molar-refractivity contribution in [1.82, 2.24) is 10.6 Å². The summed E-state index contributed by atoms with van der Waals surface area (Å²) in [6, 6.07) is 1.95. The van der Waals surface area contributed by atoms with E-state index in [0.29, 0.717) is 13.1 Å². The Balaban J connectivity index is 2.58.